The van der Waals surface area contributed by atoms with Crippen molar-refractivity contribution in [2.75, 3.05) is 13.7 Å². The number of esters is 1. The van der Waals surface area contributed by atoms with Crippen molar-refractivity contribution in [3.63, 3.8) is 0 Å². The molecule has 7 nitrogen and oxygen atoms in total. The number of ether oxygens (including phenoxy) is 1. The fourth-order valence-corrected chi connectivity index (χ4v) is 3.32. The van der Waals surface area contributed by atoms with Crippen molar-refractivity contribution < 1.29 is 23.1 Å². The normalized spacial score (nSPS) is 12.8. The zero-order valence-corrected chi connectivity index (χ0v) is 14.3. The Morgan fingerprint density at radius 3 is 2.50 bits per heavy atom. The standard InChI is InChI=1S/C16H20N2O5S/c1-18-11-3-4-14(18)15(19)9-10-17-24(21,22)13-7-5-12(6-8-13)16(20)23-2/h3-8,11,15,17,19H,9-10H2,1-2H3/t15-/m1/s1. The Balaban J connectivity index is 1.96. The van der Waals surface area contributed by atoms with Crippen molar-refractivity contribution in [2.45, 2.75) is 17.4 Å². The molecule has 2 rings (SSSR count). The first kappa shape index (κ1) is 18.2. The van der Waals surface area contributed by atoms with Crippen LogP contribution >= 0.6 is 0 Å². The summed E-state index contributed by atoms with van der Waals surface area (Å²) in [5.74, 6) is -0.530. The summed E-state index contributed by atoms with van der Waals surface area (Å²) in [5, 5.41) is 10.1. The molecule has 1 heterocycles. The number of aliphatic hydroxyl groups is 1. The van der Waals surface area contributed by atoms with Gasteiger partial charge in [0.2, 0.25) is 10.0 Å². The zero-order chi connectivity index (χ0) is 17.7. The number of methoxy groups -OCH3 is 1. The van der Waals surface area contributed by atoms with Crippen molar-refractivity contribution in [2.24, 2.45) is 7.05 Å². The van der Waals surface area contributed by atoms with Gasteiger partial charge in [-0.25, -0.2) is 17.9 Å². The van der Waals surface area contributed by atoms with Gasteiger partial charge < -0.3 is 14.4 Å². The number of rotatable bonds is 7. The third-order valence-electron chi connectivity index (χ3n) is 3.62. The summed E-state index contributed by atoms with van der Waals surface area (Å²) in [6, 6.07) is 9.04. The van der Waals surface area contributed by atoms with Crippen LogP contribution in [0.4, 0.5) is 0 Å². The number of carbonyl (C=O) groups excluding carboxylic acids is 1. The van der Waals surface area contributed by atoms with Gasteiger partial charge in [0.15, 0.2) is 0 Å². The molecule has 0 aliphatic heterocycles. The predicted octanol–water partition coefficient (Wildman–Crippen LogP) is 1.21. The smallest absolute Gasteiger partial charge is 0.337 e. The van der Waals surface area contributed by atoms with E-state index in [1.165, 1.54) is 31.4 Å². The van der Waals surface area contributed by atoms with E-state index in [9.17, 15) is 18.3 Å². The first-order chi connectivity index (χ1) is 11.3. The lowest BCUT2D eigenvalue weighted by Gasteiger charge is -2.13. The van der Waals surface area contributed by atoms with E-state index in [0.29, 0.717) is 0 Å². The highest BCUT2D eigenvalue weighted by Gasteiger charge is 2.16. The van der Waals surface area contributed by atoms with Crippen LogP contribution in [0.2, 0.25) is 0 Å². The quantitative estimate of drug-likeness (QED) is 0.730. The molecule has 2 N–H and O–H groups in total. The lowest BCUT2D eigenvalue weighted by atomic mass is 10.2. The Morgan fingerprint density at radius 2 is 1.96 bits per heavy atom. The Labute approximate surface area is 140 Å². The monoisotopic (exact) mass is 352 g/mol. The predicted molar refractivity (Wildman–Crippen MR) is 88.0 cm³/mol. The van der Waals surface area contributed by atoms with Crippen LogP contribution in [0.1, 0.15) is 28.6 Å². The van der Waals surface area contributed by atoms with Crippen LogP contribution in [0, 0.1) is 0 Å². The number of aliphatic hydroxyl groups excluding tert-OH is 1. The lowest BCUT2D eigenvalue weighted by Crippen LogP contribution is -2.26. The van der Waals surface area contributed by atoms with Gasteiger partial charge >= 0.3 is 5.97 Å². The van der Waals surface area contributed by atoms with E-state index in [2.05, 4.69) is 9.46 Å². The Kier molecular flexibility index (Phi) is 5.76. The van der Waals surface area contributed by atoms with Crippen LogP contribution in [0.3, 0.4) is 0 Å². The molecule has 130 valence electrons. The number of nitrogens with one attached hydrogen (secondary N) is 1. The number of sulfonamides is 1. The lowest BCUT2D eigenvalue weighted by molar-refractivity contribution is 0.0600. The fourth-order valence-electron chi connectivity index (χ4n) is 2.27. The van der Waals surface area contributed by atoms with E-state index in [1.54, 1.807) is 10.6 Å². The molecule has 1 atom stereocenters. The zero-order valence-electron chi connectivity index (χ0n) is 13.5. The van der Waals surface area contributed by atoms with Crippen molar-refractivity contribution >= 4 is 16.0 Å². The number of nitrogens with zero attached hydrogens (tertiary/aromatic N) is 1. The molecule has 2 aromatic rings. The van der Waals surface area contributed by atoms with Crippen molar-refractivity contribution in [1.29, 1.82) is 0 Å². The summed E-state index contributed by atoms with van der Waals surface area (Å²) >= 11 is 0. The van der Waals surface area contributed by atoms with Crippen LogP contribution in [0.15, 0.2) is 47.5 Å². The van der Waals surface area contributed by atoms with Gasteiger partial charge in [0.1, 0.15) is 0 Å². The summed E-state index contributed by atoms with van der Waals surface area (Å²) in [6.45, 7) is 0.0907. The molecular formula is C16H20N2O5S. The average molecular weight is 352 g/mol. The highest BCUT2D eigenvalue weighted by atomic mass is 32.2. The molecule has 0 saturated carbocycles. The SMILES string of the molecule is COC(=O)c1ccc(S(=O)(=O)NCC[C@@H](O)c2cccn2C)cc1. The van der Waals surface area contributed by atoms with Crippen LogP contribution in [0.5, 0.6) is 0 Å². The molecule has 8 heteroatoms. The number of benzene rings is 1. The molecule has 0 saturated heterocycles. The minimum atomic E-state index is -3.70. The van der Waals surface area contributed by atoms with Gasteiger partial charge in [-0.05, 0) is 42.8 Å². The molecular weight excluding hydrogens is 332 g/mol. The molecule has 1 aromatic heterocycles. The second-order valence-electron chi connectivity index (χ2n) is 5.26. The van der Waals surface area contributed by atoms with Crippen molar-refractivity contribution in [3.8, 4) is 0 Å². The van der Waals surface area contributed by atoms with Gasteiger partial charge in [0.25, 0.3) is 0 Å². The highest BCUT2D eigenvalue weighted by molar-refractivity contribution is 7.89. The van der Waals surface area contributed by atoms with E-state index in [0.717, 1.165) is 5.69 Å². The number of hydrogen-bond donors (Lipinski definition) is 2. The molecule has 0 amide bonds. The second kappa shape index (κ2) is 7.61. The van der Waals surface area contributed by atoms with Crippen LogP contribution < -0.4 is 4.72 Å². The van der Waals surface area contributed by atoms with Gasteiger partial charge in [-0.1, -0.05) is 0 Å². The van der Waals surface area contributed by atoms with E-state index >= 15 is 0 Å². The average Bonchev–Trinajstić information content (AvgIpc) is 3.00. The molecule has 0 fully saturated rings. The van der Waals surface area contributed by atoms with Gasteiger partial charge in [0, 0.05) is 25.5 Å². The van der Waals surface area contributed by atoms with Gasteiger partial charge in [-0.3, -0.25) is 0 Å². The summed E-state index contributed by atoms with van der Waals surface area (Å²) in [4.78, 5) is 11.4. The molecule has 0 aliphatic rings. The third kappa shape index (κ3) is 4.22. The van der Waals surface area contributed by atoms with Gasteiger partial charge in [-0.2, -0.15) is 0 Å². The molecule has 0 spiro atoms. The largest absolute Gasteiger partial charge is 0.465 e. The van der Waals surface area contributed by atoms with E-state index in [-0.39, 0.29) is 23.4 Å². The topological polar surface area (TPSA) is 97.6 Å². The molecule has 0 radical (unpaired) electrons. The maximum Gasteiger partial charge on any atom is 0.337 e. The van der Waals surface area contributed by atoms with Crippen LogP contribution in [0.25, 0.3) is 0 Å². The highest BCUT2D eigenvalue weighted by Crippen LogP contribution is 2.16. The maximum absolute atomic E-state index is 12.2. The summed E-state index contributed by atoms with van der Waals surface area (Å²) in [6.07, 6.45) is 1.30. The molecule has 0 unspecified atom stereocenters. The minimum absolute atomic E-state index is 0.0449. The third-order valence-corrected chi connectivity index (χ3v) is 5.10. The summed E-state index contributed by atoms with van der Waals surface area (Å²) < 4.78 is 33.2. The molecule has 0 aliphatic carbocycles. The van der Waals surface area contributed by atoms with Crippen molar-refractivity contribution in [1.82, 2.24) is 9.29 Å². The number of aryl methyl sites for hydroxylation is 1. The van der Waals surface area contributed by atoms with E-state index < -0.39 is 22.1 Å². The molecule has 0 bridgehead atoms. The van der Waals surface area contributed by atoms with E-state index in [1.807, 2.05) is 19.3 Å². The number of hydrogen-bond acceptors (Lipinski definition) is 5. The van der Waals surface area contributed by atoms with E-state index in [4.69, 9.17) is 0 Å². The van der Waals surface area contributed by atoms with Crippen LogP contribution in [-0.2, 0) is 21.8 Å². The summed E-state index contributed by atoms with van der Waals surface area (Å²) in [7, 11) is -0.636. The van der Waals surface area contributed by atoms with Crippen molar-refractivity contribution in [3.05, 3.63) is 53.9 Å². The minimum Gasteiger partial charge on any atom is -0.465 e. The van der Waals surface area contributed by atoms with Crippen LogP contribution in [-0.4, -0.2) is 37.7 Å². The Morgan fingerprint density at radius 1 is 1.29 bits per heavy atom. The molecule has 1 aromatic carbocycles. The summed E-state index contributed by atoms with van der Waals surface area (Å²) in [5.41, 5.74) is 0.993. The Hall–Kier alpha value is -2.16. The first-order valence-electron chi connectivity index (χ1n) is 7.32. The maximum atomic E-state index is 12.2. The Bertz CT molecular complexity index is 796. The molecule has 24 heavy (non-hydrogen) atoms. The van der Waals surface area contributed by atoms with Gasteiger partial charge in [-0.15, -0.1) is 0 Å². The first-order valence-corrected chi connectivity index (χ1v) is 8.81. The fraction of sp³-hybridized carbons (Fsp3) is 0.312. The van der Waals surface area contributed by atoms with Gasteiger partial charge in [0.05, 0.1) is 23.7 Å². The number of aromatic nitrogens is 1. The second-order valence-corrected chi connectivity index (χ2v) is 7.03. The number of carbonyl (C=O) groups is 1.